The molecule has 134 valence electrons. The maximum absolute atomic E-state index is 12.5. The molecule has 1 saturated heterocycles. The van der Waals surface area contributed by atoms with Gasteiger partial charge in [0, 0.05) is 51.3 Å². The lowest BCUT2D eigenvalue weighted by Gasteiger charge is -2.34. The first-order valence-corrected chi connectivity index (χ1v) is 7.91. The van der Waals surface area contributed by atoms with Crippen LogP contribution in [0.2, 0.25) is 0 Å². The molecule has 1 aliphatic rings. The maximum Gasteiger partial charge on any atom is 0.435 e. The molecule has 6 nitrogen and oxygen atoms in total. The van der Waals surface area contributed by atoms with Gasteiger partial charge in [0.2, 0.25) is 5.91 Å². The molecule has 0 atom stereocenters. The monoisotopic (exact) mass is 353 g/mol. The highest BCUT2D eigenvalue weighted by atomic mass is 19.4. The van der Waals surface area contributed by atoms with Crippen LogP contribution in [0.25, 0.3) is 0 Å². The van der Waals surface area contributed by atoms with Gasteiger partial charge >= 0.3 is 6.18 Å². The molecule has 25 heavy (non-hydrogen) atoms. The zero-order chi connectivity index (χ0) is 17.9. The lowest BCUT2D eigenvalue weighted by molar-refractivity contribution is -0.142. The van der Waals surface area contributed by atoms with Crippen LogP contribution in [0.1, 0.15) is 11.3 Å². The number of halogens is 3. The highest BCUT2D eigenvalue weighted by Gasteiger charge is 2.33. The second kappa shape index (κ2) is 7.22. The van der Waals surface area contributed by atoms with Crippen molar-refractivity contribution >= 4 is 5.91 Å². The number of hydrogen-bond acceptors (Lipinski definition) is 4. The fourth-order valence-electron chi connectivity index (χ4n) is 2.74. The number of nitrogens with zero attached hydrogens (tertiary/aromatic N) is 5. The third-order valence-corrected chi connectivity index (χ3v) is 4.08. The summed E-state index contributed by atoms with van der Waals surface area (Å²) >= 11 is 0. The standard InChI is InChI=1S/C16H18F3N5O/c17-16(18,19)14-3-5-24(21-14)12-15(25)23-8-6-22(7-9-23)11-13-2-1-4-20-10-13/h1-5,10H,6-9,11-12H2. The second-order valence-electron chi connectivity index (χ2n) is 5.91. The van der Waals surface area contributed by atoms with Gasteiger partial charge in [-0.3, -0.25) is 19.4 Å². The Labute approximate surface area is 142 Å². The van der Waals surface area contributed by atoms with Gasteiger partial charge in [-0.15, -0.1) is 0 Å². The predicted molar refractivity (Wildman–Crippen MR) is 83.3 cm³/mol. The normalized spacial score (nSPS) is 16.2. The molecule has 1 amide bonds. The number of piperazine rings is 1. The van der Waals surface area contributed by atoms with Crippen molar-refractivity contribution in [1.82, 2.24) is 24.6 Å². The maximum atomic E-state index is 12.5. The number of alkyl halides is 3. The molecule has 1 aliphatic heterocycles. The summed E-state index contributed by atoms with van der Waals surface area (Å²) in [5, 5.41) is 3.41. The molecule has 0 radical (unpaired) electrons. The second-order valence-corrected chi connectivity index (χ2v) is 5.91. The molecule has 0 N–H and O–H groups in total. The van der Waals surface area contributed by atoms with E-state index in [0.29, 0.717) is 26.2 Å². The minimum absolute atomic E-state index is 0.182. The number of hydrogen-bond donors (Lipinski definition) is 0. The van der Waals surface area contributed by atoms with Gasteiger partial charge in [0.1, 0.15) is 6.54 Å². The topological polar surface area (TPSA) is 54.3 Å². The van der Waals surface area contributed by atoms with Gasteiger partial charge in [-0.1, -0.05) is 6.07 Å². The first-order valence-electron chi connectivity index (χ1n) is 7.91. The number of amides is 1. The molecule has 0 spiro atoms. The van der Waals surface area contributed by atoms with E-state index in [4.69, 9.17) is 0 Å². The van der Waals surface area contributed by atoms with Gasteiger partial charge in [-0.05, 0) is 17.7 Å². The molecule has 3 rings (SSSR count). The van der Waals surface area contributed by atoms with E-state index >= 15 is 0 Å². The van der Waals surface area contributed by atoms with Crippen LogP contribution in [0.5, 0.6) is 0 Å². The number of carbonyl (C=O) groups excluding carboxylic acids is 1. The van der Waals surface area contributed by atoms with Crippen LogP contribution in [-0.2, 0) is 24.1 Å². The molecule has 2 aromatic rings. The Kier molecular flexibility index (Phi) is 5.03. The molecule has 0 aromatic carbocycles. The first kappa shape index (κ1) is 17.4. The van der Waals surface area contributed by atoms with Crippen molar-refractivity contribution in [3.63, 3.8) is 0 Å². The van der Waals surface area contributed by atoms with Crippen LogP contribution in [0.4, 0.5) is 13.2 Å². The highest BCUT2D eigenvalue weighted by molar-refractivity contribution is 5.76. The quantitative estimate of drug-likeness (QED) is 0.839. The van der Waals surface area contributed by atoms with Crippen LogP contribution in [0.15, 0.2) is 36.8 Å². The molecule has 0 aliphatic carbocycles. The van der Waals surface area contributed by atoms with E-state index < -0.39 is 11.9 Å². The van der Waals surface area contributed by atoms with Gasteiger partial charge in [-0.25, -0.2) is 0 Å². The van der Waals surface area contributed by atoms with Gasteiger partial charge in [0.05, 0.1) is 0 Å². The molecule has 3 heterocycles. The van der Waals surface area contributed by atoms with Crippen LogP contribution in [-0.4, -0.2) is 56.7 Å². The molecule has 1 fully saturated rings. The van der Waals surface area contributed by atoms with Crippen molar-refractivity contribution in [3.8, 4) is 0 Å². The lowest BCUT2D eigenvalue weighted by atomic mass is 10.2. The number of pyridine rings is 1. The van der Waals surface area contributed by atoms with Gasteiger partial charge in [0.25, 0.3) is 0 Å². The summed E-state index contributed by atoms with van der Waals surface area (Å²) in [5.41, 5.74) is 0.125. The van der Waals surface area contributed by atoms with E-state index in [0.717, 1.165) is 22.9 Å². The fourth-order valence-corrected chi connectivity index (χ4v) is 2.74. The summed E-state index contributed by atoms with van der Waals surface area (Å²) in [7, 11) is 0. The molecule has 2 aromatic heterocycles. The Balaban J connectivity index is 1.49. The molecule has 0 bridgehead atoms. The van der Waals surface area contributed by atoms with Gasteiger partial charge in [-0.2, -0.15) is 18.3 Å². The molecule has 9 heteroatoms. The van der Waals surface area contributed by atoms with E-state index in [1.807, 2.05) is 18.3 Å². The minimum atomic E-state index is -4.49. The van der Waals surface area contributed by atoms with Crippen LogP contribution >= 0.6 is 0 Å². The van der Waals surface area contributed by atoms with E-state index in [-0.39, 0.29) is 12.5 Å². The van der Waals surface area contributed by atoms with Crippen LogP contribution in [0, 0.1) is 0 Å². The Morgan fingerprint density at radius 3 is 2.52 bits per heavy atom. The Morgan fingerprint density at radius 2 is 1.92 bits per heavy atom. The molecule has 0 saturated carbocycles. The van der Waals surface area contributed by atoms with Gasteiger partial charge in [0.15, 0.2) is 5.69 Å². The number of aromatic nitrogens is 3. The van der Waals surface area contributed by atoms with E-state index in [2.05, 4.69) is 15.0 Å². The number of rotatable bonds is 4. The minimum Gasteiger partial charge on any atom is -0.339 e. The predicted octanol–water partition coefficient (Wildman–Crippen LogP) is 1.64. The van der Waals surface area contributed by atoms with E-state index in [1.165, 1.54) is 6.20 Å². The van der Waals surface area contributed by atoms with Crippen molar-refractivity contribution in [2.45, 2.75) is 19.3 Å². The van der Waals surface area contributed by atoms with Crippen molar-refractivity contribution < 1.29 is 18.0 Å². The van der Waals surface area contributed by atoms with Crippen LogP contribution in [0.3, 0.4) is 0 Å². The van der Waals surface area contributed by atoms with Crippen LogP contribution < -0.4 is 0 Å². The van der Waals surface area contributed by atoms with Crippen molar-refractivity contribution in [1.29, 1.82) is 0 Å². The lowest BCUT2D eigenvalue weighted by Crippen LogP contribution is -2.49. The summed E-state index contributed by atoms with van der Waals surface area (Å²) in [4.78, 5) is 20.2. The summed E-state index contributed by atoms with van der Waals surface area (Å²) in [5.74, 6) is -0.224. The summed E-state index contributed by atoms with van der Waals surface area (Å²) in [6.45, 7) is 3.11. The zero-order valence-electron chi connectivity index (χ0n) is 13.5. The Morgan fingerprint density at radius 1 is 1.16 bits per heavy atom. The van der Waals surface area contributed by atoms with Gasteiger partial charge < -0.3 is 4.90 Å². The smallest absolute Gasteiger partial charge is 0.339 e. The van der Waals surface area contributed by atoms with E-state index in [9.17, 15) is 18.0 Å². The van der Waals surface area contributed by atoms with Crippen molar-refractivity contribution in [3.05, 3.63) is 48.0 Å². The van der Waals surface area contributed by atoms with Crippen molar-refractivity contribution in [2.24, 2.45) is 0 Å². The third kappa shape index (κ3) is 4.56. The third-order valence-electron chi connectivity index (χ3n) is 4.08. The summed E-state index contributed by atoms with van der Waals surface area (Å²) in [6.07, 6.45) is 0.221. The largest absolute Gasteiger partial charge is 0.435 e. The Hall–Kier alpha value is -2.42. The number of carbonyl (C=O) groups is 1. The molecular formula is C16H18F3N5O. The fraction of sp³-hybridized carbons (Fsp3) is 0.438. The van der Waals surface area contributed by atoms with Crippen molar-refractivity contribution in [2.75, 3.05) is 26.2 Å². The Bertz CT molecular complexity index is 708. The average molecular weight is 353 g/mol. The van der Waals surface area contributed by atoms with E-state index in [1.54, 1.807) is 11.1 Å². The summed E-state index contributed by atoms with van der Waals surface area (Å²) in [6, 6.07) is 4.76. The average Bonchev–Trinajstić information content (AvgIpc) is 3.05. The molecular weight excluding hydrogens is 335 g/mol. The zero-order valence-corrected chi connectivity index (χ0v) is 13.5. The SMILES string of the molecule is O=C(Cn1ccc(C(F)(F)F)n1)N1CCN(Cc2cccnc2)CC1. The summed E-state index contributed by atoms with van der Waals surface area (Å²) < 4.78 is 38.6. The highest BCUT2D eigenvalue weighted by Crippen LogP contribution is 2.27. The first-order chi connectivity index (χ1) is 11.9. The molecule has 0 unspecified atom stereocenters.